The smallest absolute Gasteiger partial charge is 0.391 e. The summed E-state index contributed by atoms with van der Waals surface area (Å²) in [5.41, 5.74) is 6.35. The molecule has 0 aliphatic carbocycles. The maximum Gasteiger partial charge on any atom is 0.420 e. The third-order valence-electron chi connectivity index (χ3n) is 13.0. The van der Waals surface area contributed by atoms with Crippen LogP contribution in [-0.2, 0) is 13.1 Å². The second-order valence-electron chi connectivity index (χ2n) is 18.8. The van der Waals surface area contributed by atoms with Gasteiger partial charge in [0, 0.05) is 97.7 Å². The summed E-state index contributed by atoms with van der Waals surface area (Å²) in [4.78, 5) is 66.4. The molecule has 14 heteroatoms. The number of hydrogen-bond acceptors (Lipinski definition) is 10. The first-order valence-corrected chi connectivity index (χ1v) is 23.9. The quantitative estimate of drug-likeness (QED) is 0.121. The van der Waals surface area contributed by atoms with Gasteiger partial charge in [0.1, 0.15) is 0 Å². The molecule has 0 bridgehead atoms. The fraction of sp³-hybridized carbons (Fsp3) is 0.321. The van der Waals surface area contributed by atoms with Gasteiger partial charge in [0.25, 0.3) is 11.8 Å². The molecule has 4 aromatic carbocycles. The van der Waals surface area contributed by atoms with E-state index in [2.05, 4.69) is 58.1 Å². The summed E-state index contributed by atoms with van der Waals surface area (Å²) >= 11 is 0. The molecule has 2 aromatic heterocycles. The molecular weight excluding hydrogens is 881 g/mol. The van der Waals surface area contributed by atoms with Gasteiger partial charge >= 0.3 is 12.2 Å². The number of nitrogens with one attached hydrogen (secondary N) is 2. The number of nitrogens with zero attached hydrogens (tertiary/aromatic N) is 6. The van der Waals surface area contributed by atoms with Gasteiger partial charge in [0.05, 0.1) is 0 Å². The Labute approximate surface area is 411 Å². The number of para-hydroxylation sites is 2. The van der Waals surface area contributed by atoms with Gasteiger partial charge in [0.2, 0.25) is 11.8 Å². The Balaban J connectivity index is 0.000000206. The standard InChI is InChI=1S/2C28H32N4O3/c1-20-8-7-9-21(2)32(20)19-22-12-14-23(15-13-22)27(33)30-24-16-17-29-26(18-24)35-28(34)31(3)25-10-5-4-6-11-25;1-28(2)14-17-32(18-15-28)20-21-9-11-22(12-10-21)26(33)30-23-13-16-29-25(19-23)35-27(34)31(3)24-7-5-4-6-8-24/h4-6,10-18,20-21H,7-9,19H2,1-3H3,(H,29,30,33);4-13,16,19H,14-15,17-18,20H2,1-3H3,(H,29,30,33). The minimum Gasteiger partial charge on any atom is -0.391 e. The topological polar surface area (TPSA) is 150 Å². The number of likely N-dealkylation sites (tertiary alicyclic amines) is 2. The van der Waals surface area contributed by atoms with E-state index in [0.717, 1.165) is 26.2 Å². The van der Waals surface area contributed by atoms with Crippen LogP contribution in [0.1, 0.15) is 91.6 Å². The fourth-order valence-electron chi connectivity index (χ4n) is 8.42. The van der Waals surface area contributed by atoms with E-state index in [0.29, 0.717) is 51.4 Å². The largest absolute Gasteiger partial charge is 0.420 e. The summed E-state index contributed by atoms with van der Waals surface area (Å²) in [6.45, 7) is 13.2. The molecule has 14 nitrogen and oxygen atoms in total. The van der Waals surface area contributed by atoms with Gasteiger partial charge in [-0.3, -0.25) is 29.2 Å². The predicted molar refractivity (Wildman–Crippen MR) is 276 cm³/mol. The first-order valence-electron chi connectivity index (χ1n) is 23.9. The Kier molecular flexibility index (Phi) is 17.1. The number of pyridine rings is 2. The zero-order chi connectivity index (χ0) is 49.6. The second-order valence-corrected chi connectivity index (χ2v) is 18.8. The van der Waals surface area contributed by atoms with Crippen LogP contribution in [0.25, 0.3) is 0 Å². The first kappa shape index (κ1) is 50.5. The van der Waals surface area contributed by atoms with Gasteiger partial charge < -0.3 is 20.1 Å². The lowest BCUT2D eigenvalue weighted by atomic mass is 9.82. The summed E-state index contributed by atoms with van der Waals surface area (Å²) in [6, 6.07) is 41.3. The molecule has 2 atom stereocenters. The highest BCUT2D eigenvalue weighted by Gasteiger charge is 2.26. The van der Waals surface area contributed by atoms with E-state index in [-0.39, 0.29) is 23.6 Å². The molecule has 2 N–H and O–H groups in total. The number of aromatic nitrogens is 2. The monoisotopic (exact) mass is 944 g/mol. The highest BCUT2D eigenvalue weighted by molar-refractivity contribution is 6.05. The number of carbonyl (C=O) groups excluding carboxylic acids is 4. The van der Waals surface area contributed by atoms with Gasteiger partial charge in [-0.05, 0) is 130 Å². The van der Waals surface area contributed by atoms with E-state index >= 15 is 0 Å². The fourth-order valence-corrected chi connectivity index (χ4v) is 8.42. The molecule has 2 fully saturated rings. The zero-order valence-corrected chi connectivity index (χ0v) is 41.0. The maximum atomic E-state index is 12.8. The van der Waals surface area contributed by atoms with Gasteiger partial charge in [-0.1, -0.05) is 80.9 Å². The minimum absolute atomic E-state index is 0.107. The van der Waals surface area contributed by atoms with Crippen LogP contribution in [0.4, 0.5) is 32.3 Å². The van der Waals surface area contributed by atoms with Crippen molar-refractivity contribution >= 4 is 46.8 Å². The Morgan fingerprint density at radius 1 is 0.600 bits per heavy atom. The molecule has 6 aromatic rings. The summed E-state index contributed by atoms with van der Waals surface area (Å²) in [6.07, 6.45) is 8.01. The lowest BCUT2D eigenvalue weighted by Gasteiger charge is -2.39. The van der Waals surface area contributed by atoms with Crippen molar-refractivity contribution in [1.29, 1.82) is 0 Å². The van der Waals surface area contributed by atoms with Crippen molar-refractivity contribution in [2.24, 2.45) is 5.41 Å². The van der Waals surface area contributed by atoms with Crippen LogP contribution >= 0.6 is 0 Å². The highest BCUT2D eigenvalue weighted by atomic mass is 16.6. The second kappa shape index (κ2) is 23.7. The third kappa shape index (κ3) is 14.3. The van der Waals surface area contributed by atoms with E-state index in [9.17, 15) is 19.2 Å². The van der Waals surface area contributed by atoms with Crippen LogP contribution in [0.2, 0.25) is 0 Å². The lowest BCUT2D eigenvalue weighted by molar-refractivity contribution is 0.0952. The average molecular weight is 945 g/mol. The molecule has 0 spiro atoms. The molecule has 4 heterocycles. The number of ether oxygens (including phenoxy) is 2. The van der Waals surface area contributed by atoms with Crippen molar-refractivity contribution < 1.29 is 28.7 Å². The molecule has 2 aliphatic heterocycles. The third-order valence-corrected chi connectivity index (χ3v) is 13.0. The maximum absolute atomic E-state index is 12.8. The van der Waals surface area contributed by atoms with Crippen LogP contribution in [0, 0.1) is 5.41 Å². The van der Waals surface area contributed by atoms with Crippen molar-refractivity contribution in [3.8, 4) is 11.8 Å². The van der Waals surface area contributed by atoms with Crippen molar-refractivity contribution in [3.63, 3.8) is 0 Å². The summed E-state index contributed by atoms with van der Waals surface area (Å²) < 4.78 is 10.8. The normalized spacial score (nSPS) is 16.7. The molecule has 4 amide bonds. The Hall–Kier alpha value is -7.42. The number of benzene rings is 4. The van der Waals surface area contributed by atoms with Gasteiger partial charge in [-0.25, -0.2) is 19.6 Å². The summed E-state index contributed by atoms with van der Waals surface area (Å²) in [7, 11) is 3.25. The molecule has 0 radical (unpaired) electrons. The number of hydrogen-bond donors (Lipinski definition) is 2. The molecule has 2 unspecified atom stereocenters. The Morgan fingerprint density at radius 3 is 1.44 bits per heavy atom. The number of amides is 4. The molecule has 364 valence electrons. The molecule has 8 rings (SSSR count). The molecule has 70 heavy (non-hydrogen) atoms. The van der Waals surface area contributed by atoms with Crippen molar-refractivity contribution in [2.75, 3.05) is 47.6 Å². The Bertz CT molecular complexity index is 2660. The van der Waals surface area contributed by atoms with E-state index < -0.39 is 12.2 Å². The highest BCUT2D eigenvalue weighted by Crippen LogP contribution is 2.31. The Morgan fingerprint density at radius 2 is 1.01 bits per heavy atom. The van der Waals surface area contributed by atoms with Crippen molar-refractivity contribution in [1.82, 2.24) is 19.8 Å². The molecule has 0 saturated carbocycles. The summed E-state index contributed by atoms with van der Waals surface area (Å²) in [5, 5.41) is 5.70. The van der Waals surface area contributed by atoms with Gasteiger partial charge in [0.15, 0.2) is 0 Å². The number of piperidine rings is 2. The first-order chi connectivity index (χ1) is 33.7. The number of carbonyl (C=O) groups is 4. The van der Waals surface area contributed by atoms with E-state index in [1.54, 1.807) is 26.2 Å². The SMILES string of the molecule is CC1CCCC(C)N1Cc1ccc(C(=O)Nc2ccnc(OC(=O)N(C)c3ccccc3)c2)cc1.CN(C(=O)Oc1cc(NC(=O)c2ccc(CN3CCC(C)(C)CC3)cc2)ccn1)c1ccccc1. The van der Waals surface area contributed by atoms with Gasteiger partial charge in [-0.15, -0.1) is 0 Å². The van der Waals surface area contributed by atoms with Crippen molar-refractivity contribution in [3.05, 3.63) is 168 Å². The average Bonchev–Trinajstić information content (AvgIpc) is 3.36. The number of rotatable bonds is 12. The molecular formula is C56H64N8O6. The predicted octanol–water partition coefficient (Wildman–Crippen LogP) is 11.3. The van der Waals surface area contributed by atoms with Crippen LogP contribution in [0.15, 0.2) is 146 Å². The summed E-state index contributed by atoms with van der Waals surface area (Å²) in [5.74, 6) is -0.256. The van der Waals surface area contributed by atoms with Gasteiger partial charge in [-0.2, -0.15) is 0 Å². The van der Waals surface area contributed by atoms with E-state index in [1.165, 1.54) is 77.6 Å². The molecule has 2 aliphatic rings. The zero-order valence-electron chi connectivity index (χ0n) is 41.0. The van der Waals surface area contributed by atoms with Crippen molar-refractivity contribution in [2.45, 2.75) is 85.0 Å². The van der Waals surface area contributed by atoms with E-state index in [1.807, 2.05) is 109 Å². The van der Waals surface area contributed by atoms with Crippen LogP contribution in [0.3, 0.4) is 0 Å². The number of anilines is 4. The van der Waals surface area contributed by atoms with Crippen LogP contribution < -0.4 is 29.9 Å². The van der Waals surface area contributed by atoms with E-state index in [4.69, 9.17) is 9.47 Å². The minimum atomic E-state index is -0.569. The van der Waals surface area contributed by atoms with Crippen LogP contribution in [-0.4, -0.2) is 83.0 Å². The lowest BCUT2D eigenvalue weighted by Crippen LogP contribution is -2.42. The van der Waals surface area contributed by atoms with Crippen LogP contribution in [0.5, 0.6) is 11.8 Å². The molecule has 2 saturated heterocycles.